The minimum absolute atomic E-state index is 0.691. The highest BCUT2D eigenvalue weighted by atomic mass is 16.5. The molecule has 1 aromatic rings. The number of hydrogen-bond donors (Lipinski definition) is 1. The van der Waals surface area contributed by atoms with Gasteiger partial charge in [0.1, 0.15) is 0 Å². The molecule has 0 radical (unpaired) electrons. The number of benzene rings is 1. The zero-order chi connectivity index (χ0) is 13.9. The first-order valence-electron chi connectivity index (χ1n) is 7.20. The van der Waals surface area contributed by atoms with Crippen molar-refractivity contribution in [2.75, 3.05) is 19.7 Å². The molecule has 0 aliphatic carbocycles. The molecule has 0 aliphatic heterocycles. The molecule has 0 unspecified atom stereocenters. The Morgan fingerprint density at radius 1 is 1.21 bits per heavy atom. The first-order chi connectivity index (χ1) is 9.24. The van der Waals surface area contributed by atoms with Gasteiger partial charge in [0, 0.05) is 0 Å². The second-order valence-corrected chi connectivity index (χ2v) is 5.20. The molecule has 0 amide bonds. The second kappa shape index (κ2) is 9.76. The molecule has 1 N–H and O–H groups in total. The summed E-state index contributed by atoms with van der Waals surface area (Å²) < 4.78 is 5.64. The van der Waals surface area contributed by atoms with Gasteiger partial charge in [0.25, 0.3) is 0 Å². The number of ether oxygens (including phenoxy) is 1. The Bertz CT molecular complexity index is 371. The topological polar surface area (TPSA) is 21.3 Å². The van der Waals surface area contributed by atoms with Gasteiger partial charge in [0.05, 0.1) is 13.2 Å². The molecule has 0 heterocycles. The molecule has 0 fully saturated rings. The Hall–Kier alpha value is -1.12. The summed E-state index contributed by atoms with van der Waals surface area (Å²) >= 11 is 0. The Balaban J connectivity index is 2.39. The summed E-state index contributed by atoms with van der Waals surface area (Å²) in [4.78, 5) is 0. The summed E-state index contributed by atoms with van der Waals surface area (Å²) in [7, 11) is 0. The van der Waals surface area contributed by atoms with Crippen LogP contribution >= 0.6 is 0 Å². The fraction of sp³-hybridized carbons (Fsp3) is 0.529. The van der Waals surface area contributed by atoms with Crippen LogP contribution in [-0.2, 0) is 17.8 Å². The van der Waals surface area contributed by atoms with Crippen molar-refractivity contribution >= 4 is 0 Å². The fourth-order valence-corrected chi connectivity index (χ4v) is 1.89. The Kier molecular flexibility index (Phi) is 8.19. The highest BCUT2D eigenvalue weighted by Gasteiger charge is 2.01. The van der Waals surface area contributed by atoms with Crippen molar-refractivity contribution in [3.8, 4) is 0 Å². The molecule has 0 aliphatic rings. The van der Waals surface area contributed by atoms with Crippen molar-refractivity contribution < 1.29 is 4.74 Å². The summed E-state index contributed by atoms with van der Waals surface area (Å²) in [6.45, 7) is 9.98. The molecule has 0 saturated heterocycles. The van der Waals surface area contributed by atoms with E-state index in [9.17, 15) is 0 Å². The van der Waals surface area contributed by atoms with E-state index >= 15 is 0 Å². The van der Waals surface area contributed by atoms with Gasteiger partial charge in [0.15, 0.2) is 0 Å². The van der Waals surface area contributed by atoms with Crippen molar-refractivity contribution in [1.29, 1.82) is 0 Å². The van der Waals surface area contributed by atoms with Gasteiger partial charge in [-0.1, -0.05) is 50.3 Å². The lowest BCUT2D eigenvalue weighted by Crippen LogP contribution is -2.22. The van der Waals surface area contributed by atoms with Crippen LogP contribution in [0.5, 0.6) is 0 Å². The molecule has 1 aromatic carbocycles. The molecule has 0 spiro atoms. The standard InChI is InChI=1S/C17H27NO/c1-4-5-12-19-14-17-9-7-6-8-16(17)10-11-18-13-15(2)3/h4-9,15,18H,10-14H2,1-3H3/b5-4+. The van der Waals surface area contributed by atoms with Crippen LogP contribution in [0, 0.1) is 5.92 Å². The van der Waals surface area contributed by atoms with Crippen molar-refractivity contribution in [3.63, 3.8) is 0 Å². The molecule has 19 heavy (non-hydrogen) atoms. The third-order valence-electron chi connectivity index (χ3n) is 2.95. The summed E-state index contributed by atoms with van der Waals surface area (Å²) in [6, 6.07) is 8.55. The van der Waals surface area contributed by atoms with E-state index in [1.54, 1.807) is 0 Å². The molecule has 2 nitrogen and oxygen atoms in total. The quantitative estimate of drug-likeness (QED) is 0.542. The predicted octanol–water partition coefficient (Wildman–Crippen LogP) is 3.57. The van der Waals surface area contributed by atoms with Crippen LogP contribution < -0.4 is 5.32 Å². The summed E-state index contributed by atoms with van der Waals surface area (Å²) in [5.41, 5.74) is 2.69. The van der Waals surface area contributed by atoms with E-state index in [-0.39, 0.29) is 0 Å². The molecular weight excluding hydrogens is 234 g/mol. The van der Waals surface area contributed by atoms with E-state index in [0.29, 0.717) is 19.1 Å². The molecule has 1 rings (SSSR count). The molecular formula is C17H27NO. The van der Waals surface area contributed by atoms with Gasteiger partial charge in [-0.25, -0.2) is 0 Å². The minimum atomic E-state index is 0.691. The van der Waals surface area contributed by atoms with Crippen LogP contribution in [0.25, 0.3) is 0 Å². The molecule has 0 atom stereocenters. The van der Waals surface area contributed by atoms with Crippen LogP contribution in [0.15, 0.2) is 36.4 Å². The normalized spacial score (nSPS) is 11.6. The van der Waals surface area contributed by atoms with Crippen LogP contribution in [0.4, 0.5) is 0 Å². The van der Waals surface area contributed by atoms with E-state index < -0.39 is 0 Å². The van der Waals surface area contributed by atoms with Gasteiger partial charge in [-0.05, 0) is 43.5 Å². The minimum Gasteiger partial charge on any atom is -0.373 e. The molecule has 106 valence electrons. The van der Waals surface area contributed by atoms with E-state index in [1.165, 1.54) is 11.1 Å². The van der Waals surface area contributed by atoms with Gasteiger partial charge in [0.2, 0.25) is 0 Å². The van der Waals surface area contributed by atoms with Crippen molar-refractivity contribution in [1.82, 2.24) is 5.32 Å². The summed E-state index contributed by atoms with van der Waals surface area (Å²) in [6.07, 6.45) is 5.12. The fourth-order valence-electron chi connectivity index (χ4n) is 1.89. The third-order valence-corrected chi connectivity index (χ3v) is 2.95. The lowest BCUT2D eigenvalue weighted by molar-refractivity contribution is 0.148. The van der Waals surface area contributed by atoms with Gasteiger partial charge < -0.3 is 10.1 Å². The monoisotopic (exact) mass is 261 g/mol. The van der Waals surface area contributed by atoms with Gasteiger partial charge in [-0.15, -0.1) is 0 Å². The lowest BCUT2D eigenvalue weighted by atomic mass is 10.1. The van der Waals surface area contributed by atoms with E-state index in [2.05, 4.69) is 43.4 Å². The van der Waals surface area contributed by atoms with Gasteiger partial charge in [-0.2, -0.15) is 0 Å². The van der Waals surface area contributed by atoms with Crippen LogP contribution in [0.3, 0.4) is 0 Å². The number of allylic oxidation sites excluding steroid dienone is 1. The smallest absolute Gasteiger partial charge is 0.0723 e. The van der Waals surface area contributed by atoms with Crippen LogP contribution in [-0.4, -0.2) is 19.7 Å². The van der Waals surface area contributed by atoms with Crippen molar-refractivity contribution in [3.05, 3.63) is 47.5 Å². The summed E-state index contributed by atoms with van der Waals surface area (Å²) in [5.74, 6) is 0.708. The highest BCUT2D eigenvalue weighted by molar-refractivity contribution is 5.26. The van der Waals surface area contributed by atoms with E-state index in [0.717, 1.165) is 19.5 Å². The maximum absolute atomic E-state index is 5.64. The van der Waals surface area contributed by atoms with Crippen molar-refractivity contribution in [2.24, 2.45) is 5.92 Å². The second-order valence-electron chi connectivity index (χ2n) is 5.20. The average molecular weight is 261 g/mol. The maximum atomic E-state index is 5.64. The number of hydrogen-bond acceptors (Lipinski definition) is 2. The average Bonchev–Trinajstić information content (AvgIpc) is 2.41. The third kappa shape index (κ3) is 7.14. The maximum Gasteiger partial charge on any atom is 0.0723 e. The zero-order valence-electron chi connectivity index (χ0n) is 12.5. The Labute approximate surface area is 117 Å². The zero-order valence-corrected chi connectivity index (χ0v) is 12.5. The first kappa shape index (κ1) is 15.9. The van der Waals surface area contributed by atoms with E-state index in [1.807, 2.05) is 19.1 Å². The summed E-state index contributed by atoms with van der Waals surface area (Å²) in [5, 5.41) is 3.48. The first-order valence-corrected chi connectivity index (χ1v) is 7.20. The lowest BCUT2D eigenvalue weighted by Gasteiger charge is -2.11. The number of rotatable bonds is 9. The SMILES string of the molecule is C/C=C/COCc1ccccc1CCNCC(C)C. The van der Waals surface area contributed by atoms with Crippen LogP contribution in [0.2, 0.25) is 0 Å². The molecule has 0 bridgehead atoms. The van der Waals surface area contributed by atoms with Gasteiger partial charge >= 0.3 is 0 Å². The molecule has 2 heteroatoms. The largest absolute Gasteiger partial charge is 0.373 e. The Morgan fingerprint density at radius 2 is 1.95 bits per heavy atom. The molecule has 0 saturated carbocycles. The van der Waals surface area contributed by atoms with E-state index in [4.69, 9.17) is 4.74 Å². The van der Waals surface area contributed by atoms with Crippen molar-refractivity contribution in [2.45, 2.75) is 33.8 Å². The highest BCUT2D eigenvalue weighted by Crippen LogP contribution is 2.10. The predicted molar refractivity (Wildman–Crippen MR) is 82.3 cm³/mol. The van der Waals surface area contributed by atoms with Gasteiger partial charge in [-0.3, -0.25) is 0 Å². The number of nitrogens with one attached hydrogen (secondary N) is 1. The Morgan fingerprint density at radius 3 is 2.63 bits per heavy atom. The van der Waals surface area contributed by atoms with Crippen LogP contribution in [0.1, 0.15) is 31.9 Å². The molecule has 0 aromatic heterocycles.